The molecule has 1 nitrogen and oxygen atoms in total. The lowest BCUT2D eigenvalue weighted by atomic mass is 10.0. The summed E-state index contributed by atoms with van der Waals surface area (Å²) in [5.41, 5.74) is 0. The van der Waals surface area contributed by atoms with Gasteiger partial charge < -0.3 is 0 Å². The molecule has 1 saturated carbocycles. The Labute approximate surface area is 61.0 Å². The van der Waals surface area contributed by atoms with Crippen molar-refractivity contribution < 1.29 is 22.7 Å². The van der Waals surface area contributed by atoms with Crippen molar-refractivity contribution >= 4 is 0 Å². The van der Waals surface area contributed by atoms with Crippen LogP contribution in [0.3, 0.4) is 0 Å². The van der Waals surface area contributed by atoms with E-state index in [9.17, 15) is 22.7 Å². The van der Waals surface area contributed by atoms with Crippen molar-refractivity contribution in [3.05, 3.63) is 0 Å². The Hall–Kier alpha value is -0.320. The van der Waals surface area contributed by atoms with E-state index in [1.165, 1.54) is 0 Å². The van der Waals surface area contributed by atoms with Crippen LogP contribution in [-0.2, 0) is 5.11 Å². The van der Waals surface area contributed by atoms with Crippen LogP contribution in [0.25, 0.3) is 0 Å². The zero-order chi connectivity index (χ0) is 8.65. The second kappa shape index (κ2) is 2.62. The lowest BCUT2D eigenvalue weighted by Gasteiger charge is -2.18. The molecule has 0 heterocycles. The first-order valence-corrected chi connectivity index (χ1v) is 3.29. The number of rotatable bonds is 3. The Morgan fingerprint density at radius 1 is 1.27 bits per heavy atom. The highest BCUT2D eigenvalue weighted by molar-refractivity contribution is 4.86. The third-order valence-corrected chi connectivity index (χ3v) is 1.79. The van der Waals surface area contributed by atoms with Crippen LogP contribution in [0.2, 0.25) is 0 Å². The Balaban J connectivity index is 2.58. The molecule has 1 atom stereocenters. The molecule has 65 valence electrons. The van der Waals surface area contributed by atoms with E-state index in [1.54, 1.807) is 0 Å². The molecule has 0 amide bonds. The van der Waals surface area contributed by atoms with Gasteiger partial charge in [0.2, 0.25) is 6.43 Å². The quantitative estimate of drug-likeness (QED) is 0.580. The van der Waals surface area contributed by atoms with Crippen molar-refractivity contribution in [3.63, 3.8) is 0 Å². The fourth-order valence-corrected chi connectivity index (χ4v) is 1.08. The SMILES string of the molecule is [O]C(F)(F)C(C(F)F)C1CC1. The molecule has 0 spiro atoms. The van der Waals surface area contributed by atoms with E-state index in [2.05, 4.69) is 0 Å². The number of alkyl halides is 4. The van der Waals surface area contributed by atoms with E-state index in [0.29, 0.717) is 12.8 Å². The third-order valence-electron chi connectivity index (χ3n) is 1.79. The normalized spacial score (nSPS) is 22.4. The van der Waals surface area contributed by atoms with E-state index >= 15 is 0 Å². The van der Waals surface area contributed by atoms with Gasteiger partial charge in [-0.3, -0.25) is 0 Å². The van der Waals surface area contributed by atoms with Crippen molar-refractivity contribution in [1.29, 1.82) is 0 Å². The Bertz CT molecular complexity index is 136. The summed E-state index contributed by atoms with van der Waals surface area (Å²) < 4.78 is 47.4. The molecule has 1 aliphatic rings. The van der Waals surface area contributed by atoms with E-state index in [4.69, 9.17) is 0 Å². The van der Waals surface area contributed by atoms with Crippen LogP contribution >= 0.6 is 0 Å². The lowest BCUT2D eigenvalue weighted by molar-refractivity contribution is -0.299. The van der Waals surface area contributed by atoms with Gasteiger partial charge in [0, 0.05) is 0 Å². The summed E-state index contributed by atoms with van der Waals surface area (Å²) in [5, 5.41) is 9.91. The van der Waals surface area contributed by atoms with E-state index in [1.807, 2.05) is 0 Å². The van der Waals surface area contributed by atoms with Crippen LogP contribution in [0, 0.1) is 11.8 Å². The Kier molecular flexibility index (Phi) is 2.09. The highest BCUT2D eigenvalue weighted by Gasteiger charge is 2.53. The van der Waals surface area contributed by atoms with Crippen LogP contribution in [0.1, 0.15) is 12.8 Å². The topological polar surface area (TPSA) is 19.9 Å². The van der Waals surface area contributed by atoms with Gasteiger partial charge in [0.15, 0.2) is 0 Å². The maximum atomic E-state index is 11.9. The standard InChI is InChI=1S/C6H7F4O/c7-5(8)4(3-1-2-3)6(9,10)11/h3-5H,1-2H2. The molecule has 1 fully saturated rings. The van der Waals surface area contributed by atoms with E-state index < -0.39 is 24.4 Å². The van der Waals surface area contributed by atoms with Gasteiger partial charge in [-0.2, -0.15) is 13.9 Å². The molecule has 0 aromatic heterocycles. The minimum Gasteiger partial charge on any atom is -0.210 e. The van der Waals surface area contributed by atoms with Gasteiger partial charge in [0.1, 0.15) is 5.92 Å². The molecule has 1 aliphatic carbocycles. The maximum absolute atomic E-state index is 11.9. The monoisotopic (exact) mass is 171 g/mol. The molecule has 0 saturated heterocycles. The molecule has 1 rings (SSSR count). The molecule has 1 unspecified atom stereocenters. The van der Waals surface area contributed by atoms with Crippen molar-refractivity contribution in [3.8, 4) is 0 Å². The van der Waals surface area contributed by atoms with Crippen LogP contribution < -0.4 is 0 Å². The number of halogens is 4. The first kappa shape index (κ1) is 8.77. The minimum atomic E-state index is -4.48. The predicted octanol–water partition coefficient (Wildman–Crippen LogP) is 2.30. The van der Waals surface area contributed by atoms with Gasteiger partial charge in [-0.1, -0.05) is 0 Å². The molecule has 0 N–H and O–H groups in total. The Morgan fingerprint density at radius 3 is 1.82 bits per heavy atom. The molecule has 5 heteroatoms. The summed E-state index contributed by atoms with van der Waals surface area (Å²) in [6.45, 7) is 0. The van der Waals surface area contributed by atoms with Crippen LogP contribution in [0.5, 0.6) is 0 Å². The molecule has 0 aliphatic heterocycles. The smallest absolute Gasteiger partial charge is 0.210 e. The van der Waals surface area contributed by atoms with Crippen molar-refractivity contribution in [2.75, 3.05) is 0 Å². The highest BCUT2D eigenvalue weighted by atomic mass is 19.3. The molecular formula is C6H7F4O. The summed E-state index contributed by atoms with van der Waals surface area (Å²) in [5.74, 6) is -3.04. The molecule has 0 aromatic rings. The predicted molar refractivity (Wildman–Crippen MR) is 27.9 cm³/mol. The van der Waals surface area contributed by atoms with Gasteiger partial charge >= 0.3 is 6.11 Å². The third kappa shape index (κ3) is 2.05. The summed E-state index contributed by atoms with van der Waals surface area (Å²) in [4.78, 5) is 0. The maximum Gasteiger partial charge on any atom is 0.389 e. The van der Waals surface area contributed by atoms with Crippen molar-refractivity contribution in [1.82, 2.24) is 0 Å². The van der Waals surface area contributed by atoms with Crippen LogP contribution in [0.15, 0.2) is 0 Å². The summed E-state index contributed by atoms with van der Waals surface area (Å²) in [7, 11) is 0. The summed E-state index contributed by atoms with van der Waals surface area (Å²) >= 11 is 0. The molecule has 1 radical (unpaired) electrons. The highest BCUT2D eigenvalue weighted by Crippen LogP contribution is 2.46. The van der Waals surface area contributed by atoms with E-state index in [-0.39, 0.29) is 0 Å². The Morgan fingerprint density at radius 2 is 1.73 bits per heavy atom. The first-order valence-electron chi connectivity index (χ1n) is 3.29. The zero-order valence-corrected chi connectivity index (χ0v) is 5.57. The van der Waals surface area contributed by atoms with Gasteiger partial charge in [-0.15, -0.1) is 0 Å². The van der Waals surface area contributed by atoms with Crippen LogP contribution in [0.4, 0.5) is 17.6 Å². The van der Waals surface area contributed by atoms with Gasteiger partial charge in [-0.05, 0) is 18.8 Å². The second-order valence-corrected chi connectivity index (χ2v) is 2.76. The largest absolute Gasteiger partial charge is 0.389 e. The fourth-order valence-electron chi connectivity index (χ4n) is 1.08. The summed E-state index contributed by atoms with van der Waals surface area (Å²) in [6, 6.07) is 0. The molecule has 11 heavy (non-hydrogen) atoms. The summed E-state index contributed by atoms with van der Waals surface area (Å²) in [6.07, 6.45) is -7.02. The lowest BCUT2D eigenvalue weighted by Crippen LogP contribution is -2.33. The molecule has 0 aromatic carbocycles. The van der Waals surface area contributed by atoms with Gasteiger partial charge in [0.25, 0.3) is 0 Å². The average molecular weight is 171 g/mol. The van der Waals surface area contributed by atoms with Crippen LogP contribution in [-0.4, -0.2) is 12.5 Å². The zero-order valence-electron chi connectivity index (χ0n) is 5.57. The molecule has 0 bridgehead atoms. The number of hydrogen-bond acceptors (Lipinski definition) is 0. The van der Waals surface area contributed by atoms with Crippen molar-refractivity contribution in [2.45, 2.75) is 25.4 Å². The fraction of sp³-hybridized carbons (Fsp3) is 1.00. The molecular weight excluding hydrogens is 164 g/mol. The average Bonchev–Trinajstić information content (AvgIpc) is 2.42. The minimum absolute atomic E-state index is 0.326. The second-order valence-electron chi connectivity index (χ2n) is 2.76. The van der Waals surface area contributed by atoms with Gasteiger partial charge in [0.05, 0.1) is 0 Å². The van der Waals surface area contributed by atoms with Crippen molar-refractivity contribution in [2.24, 2.45) is 11.8 Å². The van der Waals surface area contributed by atoms with Gasteiger partial charge in [-0.25, -0.2) is 8.78 Å². The number of hydrogen-bond donors (Lipinski definition) is 0. The van der Waals surface area contributed by atoms with E-state index in [0.717, 1.165) is 0 Å². The first-order chi connectivity index (χ1) is 4.93.